The van der Waals surface area contributed by atoms with Gasteiger partial charge in [0.15, 0.2) is 0 Å². The van der Waals surface area contributed by atoms with E-state index in [0.29, 0.717) is 5.92 Å². The van der Waals surface area contributed by atoms with Gasteiger partial charge in [0.2, 0.25) is 0 Å². The first-order valence-corrected chi connectivity index (χ1v) is 7.76. The molecule has 0 saturated heterocycles. The van der Waals surface area contributed by atoms with Crippen molar-refractivity contribution in [3.05, 3.63) is 29.8 Å². The minimum Gasteiger partial charge on any atom is -0.374 e. The number of hydrazone groups is 1. The van der Waals surface area contributed by atoms with E-state index in [2.05, 4.69) is 22.8 Å². The van der Waals surface area contributed by atoms with Crippen LogP contribution in [-0.2, 0) is 4.79 Å². The van der Waals surface area contributed by atoms with Gasteiger partial charge >= 0.3 is 0 Å². The van der Waals surface area contributed by atoms with Crippen LogP contribution in [0.15, 0.2) is 29.4 Å². The molecule has 0 aromatic heterocycles. The van der Waals surface area contributed by atoms with E-state index >= 15 is 0 Å². The van der Waals surface area contributed by atoms with Crippen molar-refractivity contribution in [3.63, 3.8) is 0 Å². The number of carbonyl (C=O) groups is 1. The monoisotopic (exact) mass is 287 g/mol. The molecule has 4 nitrogen and oxygen atoms in total. The van der Waals surface area contributed by atoms with Gasteiger partial charge in [-0.2, -0.15) is 5.10 Å². The summed E-state index contributed by atoms with van der Waals surface area (Å²) < 4.78 is 0. The van der Waals surface area contributed by atoms with Gasteiger partial charge < -0.3 is 5.32 Å². The number of hydrogen-bond donors (Lipinski definition) is 2. The average Bonchev–Trinajstić information content (AvgIpc) is 2.46. The maximum atomic E-state index is 12.1. The number of nitrogens with zero attached hydrogens (tertiary/aromatic N) is 1. The van der Waals surface area contributed by atoms with Gasteiger partial charge in [0.1, 0.15) is 6.04 Å². The summed E-state index contributed by atoms with van der Waals surface area (Å²) in [5.41, 5.74) is 5.95. The fourth-order valence-electron chi connectivity index (χ4n) is 2.61. The summed E-state index contributed by atoms with van der Waals surface area (Å²) in [6.07, 6.45) is 4.61. The molecular formula is C17H25N3O. The van der Waals surface area contributed by atoms with E-state index in [4.69, 9.17) is 0 Å². The molecule has 0 radical (unpaired) electrons. The van der Waals surface area contributed by atoms with Crippen LogP contribution in [0.1, 0.15) is 45.1 Å². The molecule has 1 saturated carbocycles. The number of carbonyl (C=O) groups excluding carboxylic acids is 1. The van der Waals surface area contributed by atoms with Gasteiger partial charge in [0, 0.05) is 11.4 Å². The number of benzene rings is 1. The molecule has 0 spiro atoms. The predicted octanol–water partition coefficient (Wildman–Crippen LogP) is 3.48. The Morgan fingerprint density at radius 1 is 1.38 bits per heavy atom. The maximum absolute atomic E-state index is 12.1. The Bertz CT molecular complexity index is 525. The summed E-state index contributed by atoms with van der Waals surface area (Å²) in [5.74, 6) is 0.390. The van der Waals surface area contributed by atoms with Crippen molar-refractivity contribution in [3.8, 4) is 0 Å². The topological polar surface area (TPSA) is 53.5 Å². The first-order chi connectivity index (χ1) is 10.1. The third kappa shape index (κ3) is 4.59. The second kappa shape index (κ2) is 7.25. The summed E-state index contributed by atoms with van der Waals surface area (Å²) in [7, 11) is 0. The van der Waals surface area contributed by atoms with Crippen molar-refractivity contribution in [2.45, 2.75) is 52.5 Å². The normalized spacial score (nSPS) is 21.9. The van der Waals surface area contributed by atoms with Gasteiger partial charge in [0.25, 0.3) is 5.91 Å². The van der Waals surface area contributed by atoms with E-state index < -0.39 is 0 Å². The van der Waals surface area contributed by atoms with Crippen LogP contribution in [0.3, 0.4) is 0 Å². The minimum atomic E-state index is -0.310. The largest absolute Gasteiger partial charge is 0.374 e. The van der Waals surface area contributed by atoms with Crippen LogP contribution in [0.4, 0.5) is 5.69 Å². The molecule has 0 aliphatic heterocycles. The van der Waals surface area contributed by atoms with Crippen LogP contribution in [-0.4, -0.2) is 17.7 Å². The molecule has 1 aliphatic rings. The van der Waals surface area contributed by atoms with Crippen LogP contribution in [0.25, 0.3) is 0 Å². The highest BCUT2D eigenvalue weighted by Gasteiger charge is 2.17. The second-order valence-electron chi connectivity index (χ2n) is 5.96. The Hall–Kier alpha value is -1.84. The van der Waals surface area contributed by atoms with Crippen molar-refractivity contribution in [1.82, 2.24) is 5.43 Å². The SMILES string of the molecule is Cc1cccc(N[C@H](C)C(=O)NN=C2CCCC[C@H]2C)c1. The van der Waals surface area contributed by atoms with Crippen molar-refractivity contribution in [2.24, 2.45) is 11.0 Å². The van der Waals surface area contributed by atoms with Crippen molar-refractivity contribution in [1.29, 1.82) is 0 Å². The van der Waals surface area contributed by atoms with Crippen molar-refractivity contribution in [2.75, 3.05) is 5.32 Å². The van der Waals surface area contributed by atoms with Crippen LogP contribution in [0.5, 0.6) is 0 Å². The first-order valence-electron chi connectivity index (χ1n) is 7.76. The lowest BCUT2D eigenvalue weighted by molar-refractivity contribution is -0.121. The van der Waals surface area contributed by atoms with Crippen LogP contribution in [0.2, 0.25) is 0 Å². The number of rotatable bonds is 4. The van der Waals surface area contributed by atoms with Gasteiger partial charge in [-0.1, -0.05) is 25.5 Å². The fourth-order valence-corrected chi connectivity index (χ4v) is 2.61. The highest BCUT2D eigenvalue weighted by Crippen LogP contribution is 2.20. The second-order valence-corrected chi connectivity index (χ2v) is 5.96. The van der Waals surface area contributed by atoms with Crippen LogP contribution < -0.4 is 10.7 Å². The zero-order valence-electron chi connectivity index (χ0n) is 13.1. The summed E-state index contributed by atoms with van der Waals surface area (Å²) >= 11 is 0. The van der Waals surface area contributed by atoms with E-state index in [0.717, 1.165) is 17.8 Å². The Kier molecular flexibility index (Phi) is 5.37. The van der Waals surface area contributed by atoms with E-state index in [1.54, 1.807) is 0 Å². The molecule has 4 heteroatoms. The molecular weight excluding hydrogens is 262 g/mol. The third-order valence-corrected chi connectivity index (χ3v) is 3.99. The molecule has 2 rings (SSSR count). The van der Waals surface area contributed by atoms with Gasteiger partial charge in [-0.15, -0.1) is 0 Å². The molecule has 0 unspecified atom stereocenters. The van der Waals surface area contributed by atoms with Gasteiger partial charge in [0.05, 0.1) is 0 Å². The van der Waals surface area contributed by atoms with Crippen molar-refractivity contribution < 1.29 is 4.79 Å². The summed E-state index contributed by atoms with van der Waals surface area (Å²) in [5, 5.41) is 7.52. The molecule has 2 atom stereocenters. The molecule has 0 heterocycles. The lowest BCUT2D eigenvalue weighted by atomic mass is 9.89. The number of nitrogens with one attached hydrogen (secondary N) is 2. The Labute approximate surface area is 127 Å². The average molecular weight is 287 g/mol. The van der Waals surface area contributed by atoms with Crippen molar-refractivity contribution >= 4 is 17.3 Å². The molecule has 0 bridgehead atoms. The molecule has 1 aromatic carbocycles. The Balaban J connectivity index is 1.89. The highest BCUT2D eigenvalue weighted by atomic mass is 16.2. The lowest BCUT2D eigenvalue weighted by Gasteiger charge is -2.20. The van der Waals surface area contributed by atoms with Gasteiger partial charge in [-0.25, -0.2) is 5.43 Å². The smallest absolute Gasteiger partial charge is 0.262 e. The standard InChI is InChI=1S/C17H25N3O/c1-12-7-6-9-15(11-12)18-14(3)17(21)20-19-16-10-5-4-8-13(16)2/h6-7,9,11,13-14,18H,4-5,8,10H2,1-3H3,(H,20,21)/t13-,14-/m1/s1. The van der Waals surface area contributed by atoms with E-state index in [1.807, 2.05) is 38.1 Å². The highest BCUT2D eigenvalue weighted by molar-refractivity contribution is 5.90. The molecule has 21 heavy (non-hydrogen) atoms. The van der Waals surface area contributed by atoms with E-state index in [9.17, 15) is 4.79 Å². The summed E-state index contributed by atoms with van der Waals surface area (Å²) in [6.45, 7) is 6.06. The summed E-state index contributed by atoms with van der Waals surface area (Å²) in [6, 6.07) is 7.69. The van der Waals surface area contributed by atoms with E-state index in [1.165, 1.54) is 24.8 Å². The fraction of sp³-hybridized carbons (Fsp3) is 0.529. The maximum Gasteiger partial charge on any atom is 0.262 e. The molecule has 1 aliphatic carbocycles. The van der Waals surface area contributed by atoms with Gasteiger partial charge in [-0.05, 0) is 56.7 Å². The van der Waals surface area contributed by atoms with E-state index in [-0.39, 0.29) is 11.9 Å². The van der Waals surface area contributed by atoms with Crippen LogP contribution in [0, 0.1) is 12.8 Å². The molecule has 1 amide bonds. The van der Waals surface area contributed by atoms with Gasteiger partial charge in [-0.3, -0.25) is 4.79 Å². The quantitative estimate of drug-likeness (QED) is 0.833. The Morgan fingerprint density at radius 3 is 2.90 bits per heavy atom. The first kappa shape index (κ1) is 15.5. The lowest BCUT2D eigenvalue weighted by Crippen LogP contribution is -2.36. The molecule has 1 aromatic rings. The summed E-state index contributed by atoms with van der Waals surface area (Å²) in [4.78, 5) is 12.1. The molecule has 1 fully saturated rings. The molecule has 114 valence electrons. The third-order valence-electron chi connectivity index (χ3n) is 3.99. The van der Waals surface area contributed by atoms with Crippen LogP contribution >= 0.6 is 0 Å². The Morgan fingerprint density at radius 2 is 2.19 bits per heavy atom. The molecule has 2 N–H and O–H groups in total. The number of aryl methyl sites for hydroxylation is 1. The zero-order chi connectivity index (χ0) is 15.2. The number of amides is 1. The number of anilines is 1. The predicted molar refractivity (Wildman–Crippen MR) is 87.5 cm³/mol. The minimum absolute atomic E-state index is 0.0956. The number of hydrogen-bond acceptors (Lipinski definition) is 3. The zero-order valence-corrected chi connectivity index (χ0v) is 13.1.